The number of carbonyl (C=O) groups excluding carboxylic acids is 3. The van der Waals surface area contributed by atoms with Gasteiger partial charge in [0, 0.05) is 26.3 Å². The van der Waals surface area contributed by atoms with Crippen molar-refractivity contribution in [2.24, 2.45) is 0 Å². The molecule has 1 aromatic carbocycles. The molecule has 0 aliphatic carbocycles. The van der Waals surface area contributed by atoms with Crippen molar-refractivity contribution in [2.45, 2.75) is 20.8 Å². The lowest BCUT2D eigenvalue weighted by atomic mass is 10.2. The second-order valence-electron chi connectivity index (χ2n) is 4.01. The minimum absolute atomic E-state index is 0.00914. The van der Waals surface area contributed by atoms with Gasteiger partial charge in [-0.1, -0.05) is 12.7 Å². The molecule has 0 aliphatic rings. The molecule has 0 spiro atoms. The fourth-order valence-electron chi connectivity index (χ4n) is 1.53. The van der Waals surface area contributed by atoms with E-state index < -0.39 is 17.9 Å². The summed E-state index contributed by atoms with van der Waals surface area (Å²) in [5.74, 6) is -1.94. The summed E-state index contributed by atoms with van der Waals surface area (Å²) >= 11 is 3.88. The molecular formula is C14H12I2O6. The average molecular weight is 530 g/mol. The highest BCUT2D eigenvalue weighted by Crippen LogP contribution is 2.47. The van der Waals surface area contributed by atoms with Crippen molar-refractivity contribution < 1.29 is 28.6 Å². The Morgan fingerprint density at radius 1 is 0.818 bits per heavy atom. The second kappa shape index (κ2) is 7.90. The Morgan fingerprint density at radius 3 is 1.41 bits per heavy atom. The molecule has 0 N–H and O–H groups in total. The first-order valence-corrected chi connectivity index (χ1v) is 8.07. The lowest BCUT2D eigenvalue weighted by molar-refractivity contribution is -0.135. The first-order chi connectivity index (χ1) is 10.2. The largest absolute Gasteiger partial charge is 0.421 e. The van der Waals surface area contributed by atoms with Gasteiger partial charge in [0.15, 0.2) is 11.5 Å². The van der Waals surface area contributed by atoms with Gasteiger partial charge in [-0.3, -0.25) is 14.4 Å². The highest BCUT2D eigenvalue weighted by molar-refractivity contribution is 14.1. The van der Waals surface area contributed by atoms with Crippen molar-refractivity contribution in [1.29, 1.82) is 0 Å². The van der Waals surface area contributed by atoms with Crippen LogP contribution in [0.15, 0.2) is 6.58 Å². The van der Waals surface area contributed by atoms with Crippen LogP contribution in [0, 0.1) is 7.14 Å². The van der Waals surface area contributed by atoms with E-state index in [0.717, 1.165) is 0 Å². The van der Waals surface area contributed by atoms with Gasteiger partial charge < -0.3 is 14.2 Å². The van der Waals surface area contributed by atoms with Crippen LogP contribution in [0.3, 0.4) is 0 Å². The molecule has 8 heteroatoms. The van der Waals surface area contributed by atoms with E-state index in [-0.39, 0.29) is 17.2 Å². The van der Waals surface area contributed by atoms with Crippen molar-refractivity contribution in [3.05, 3.63) is 19.3 Å². The van der Waals surface area contributed by atoms with Crippen LogP contribution in [0.25, 0.3) is 6.08 Å². The molecule has 0 unspecified atom stereocenters. The Kier molecular flexibility index (Phi) is 6.78. The van der Waals surface area contributed by atoms with Crippen molar-refractivity contribution in [3.63, 3.8) is 0 Å². The van der Waals surface area contributed by atoms with Gasteiger partial charge in [0.2, 0.25) is 5.75 Å². The summed E-state index contributed by atoms with van der Waals surface area (Å²) < 4.78 is 16.4. The molecule has 0 saturated heterocycles. The van der Waals surface area contributed by atoms with Gasteiger partial charge in [0.1, 0.15) is 0 Å². The summed E-state index contributed by atoms with van der Waals surface area (Å²) in [5, 5.41) is 0. The van der Waals surface area contributed by atoms with Gasteiger partial charge in [-0.25, -0.2) is 0 Å². The van der Waals surface area contributed by atoms with Gasteiger partial charge >= 0.3 is 17.9 Å². The smallest absolute Gasteiger partial charge is 0.308 e. The van der Waals surface area contributed by atoms with Crippen molar-refractivity contribution in [1.82, 2.24) is 0 Å². The molecule has 0 fully saturated rings. The molecular weight excluding hydrogens is 518 g/mol. The van der Waals surface area contributed by atoms with E-state index in [4.69, 9.17) is 14.2 Å². The Balaban J connectivity index is 3.76. The van der Waals surface area contributed by atoms with Crippen LogP contribution in [0.1, 0.15) is 26.3 Å². The third-order valence-corrected chi connectivity index (χ3v) is 4.37. The minimum atomic E-state index is -0.639. The zero-order chi connectivity index (χ0) is 17.0. The highest BCUT2D eigenvalue weighted by atomic mass is 127. The maximum Gasteiger partial charge on any atom is 0.308 e. The standard InChI is InChI=1S/C14H12I2O6/c1-5-9-10(15)12(20-6(2)17)14(22-8(4)19)13(11(9)16)21-7(3)18/h5H,1H2,2-4H3. The summed E-state index contributed by atoms with van der Waals surface area (Å²) in [6.07, 6.45) is 1.53. The summed E-state index contributed by atoms with van der Waals surface area (Å²) in [4.78, 5) is 34.0. The predicted molar refractivity (Wildman–Crippen MR) is 95.9 cm³/mol. The fraction of sp³-hybridized carbons (Fsp3) is 0.214. The van der Waals surface area contributed by atoms with Crippen LogP contribution < -0.4 is 14.2 Å². The first-order valence-electron chi connectivity index (χ1n) is 5.91. The third kappa shape index (κ3) is 4.41. The van der Waals surface area contributed by atoms with E-state index in [2.05, 4.69) is 6.58 Å². The topological polar surface area (TPSA) is 78.9 Å². The molecule has 0 heterocycles. The van der Waals surface area contributed by atoms with Gasteiger partial charge in [-0.15, -0.1) is 0 Å². The van der Waals surface area contributed by atoms with E-state index in [1.807, 2.05) is 45.2 Å². The molecule has 0 aliphatic heterocycles. The highest BCUT2D eigenvalue weighted by Gasteiger charge is 2.27. The summed E-state index contributed by atoms with van der Waals surface area (Å²) in [6.45, 7) is 7.30. The monoisotopic (exact) mass is 530 g/mol. The lowest BCUT2D eigenvalue weighted by Crippen LogP contribution is -2.13. The van der Waals surface area contributed by atoms with Crippen LogP contribution in [0.4, 0.5) is 0 Å². The van der Waals surface area contributed by atoms with E-state index in [1.54, 1.807) is 0 Å². The predicted octanol–water partition coefficient (Wildman–Crippen LogP) is 3.31. The fourth-order valence-corrected chi connectivity index (χ4v) is 3.73. The maximum atomic E-state index is 11.3. The van der Waals surface area contributed by atoms with Crippen LogP contribution in [0.2, 0.25) is 0 Å². The normalized spacial score (nSPS) is 9.86. The number of ether oxygens (including phenoxy) is 3. The number of rotatable bonds is 4. The number of hydrogen-bond donors (Lipinski definition) is 0. The van der Waals surface area contributed by atoms with Gasteiger partial charge in [0.05, 0.1) is 7.14 Å². The molecule has 118 valence electrons. The zero-order valence-corrected chi connectivity index (χ0v) is 16.3. The molecule has 22 heavy (non-hydrogen) atoms. The molecule has 0 saturated carbocycles. The molecule has 0 bridgehead atoms. The van der Waals surface area contributed by atoms with E-state index in [9.17, 15) is 14.4 Å². The summed E-state index contributed by atoms with van der Waals surface area (Å²) in [7, 11) is 0. The van der Waals surface area contributed by atoms with E-state index in [0.29, 0.717) is 12.7 Å². The van der Waals surface area contributed by atoms with Gasteiger partial charge in [-0.05, 0) is 45.2 Å². The third-order valence-electron chi connectivity index (χ3n) is 2.23. The Hall–Kier alpha value is -1.17. The van der Waals surface area contributed by atoms with Crippen LogP contribution in [-0.2, 0) is 14.4 Å². The molecule has 0 radical (unpaired) electrons. The quantitative estimate of drug-likeness (QED) is 0.338. The summed E-state index contributed by atoms with van der Waals surface area (Å²) in [6, 6.07) is 0. The van der Waals surface area contributed by atoms with Crippen LogP contribution >= 0.6 is 45.2 Å². The minimum Gasteiger partial charge on any atom is -0.421 e. The van der Waals surface area contributed by atoms with Gasteiger partial charge in [-0.2, -0.15) is 0 Å². The molecule has 1 aromatic rings. The lowest BCUT2D eigenvalue weighted by Gasteiger charge is -2.18. The number of benzene rings is 1. The van der Waals surface area contributed by atoms with Crippen LogP contribution in [-0.4, -0.2) is 17.9 Å². The second-order valence-corrected chi connectivity index (χ2v) is 6.17. The van der Waals surface area contributed by atoms with Crippen molar-refractivity contribution in [3.8, 4) is 17.2 Å². The molecule has 0 atom stereocenters. The molecule has 6 nitrogen and oxygen atoms in total. The van der Waals surface area contributed by atoms with Crippen LogP contribution in [0.5, 0.6) is 17.2 Å². The zero-order valence-electron chi connectivity index (χ0n) is 12.0. The Labute approximate surface area is 154 Å². The van der Waals surface area contributed by atoms with E-state index in [1.165, 1.54) is 26.8 Å². The average Bonchev–Trinajstić information content (AvgIpc) is 2.38. The molecule has 0 amide bonds. The van der Waals surface area contributed by atoms with Gasteiger partial charge in [0.25, 0.3) is 0 Å². The molecule has 1 rings (SSSR count). The first kappa shape index (κ1) is 18.9. The SMILES string of the molecule is C=Cc1c(I)c(OC(C)=O)c(OC(C)=O)c(OC(C)=O)c1I. The maximum absolute atomic E-state index is 11.3. The Bertz CT molecular complexity index is 623. The van der Waals surface area contributed by atoms with Crippen molar-refractivity contribution >= 4 is 69.2 Å². The Morgan fingerprint density at radius 2 is 1.14 bits per heavy atom. The number of halogens is 2. The van der Waals surface area contributed by atoms with Crippen molar-refractivity contribution in [2.75, 3.05) is 0 Å². The van der Waals surface area contributed by atoms with E-state index >= 15 is 0 Å². The number of esters is 3. The summed E-state index contributed by atoms with van der Waals surface area (Å²) in [5.41, 5.74) is 0.601. The number of hydrogen-bond acceptors (Lipinski definition) is 6. The number of carbonyl (C=O) groups is 3. The molecule has 0 aromatic heterocycles.